The van der Waals surface area contributed by atoms with Crippen LogP contribution in [0.5, 0.6) is 5.75 Å². The van der Waals surface area contributed by atoms with Crippen LogP contribution in [0, 0.1) is 12.7 Å². The van der Waals surface area contributed by atoms with E-state index in [0.717, 1.165) is 11.3 Å². The summed E-state index contributed by atoms with van der Waals surface area (Å²) in [6, 6.07) is 4.07. The van der Waals surface area contributed by atoms with Crippen LogP contribution in [0.4, 0.5) is 4.39 Å². The molecule has 166 valence electrons. The van der Waals surface area contributed by atoms with Crippen LogP contribution in [0.1, 0.15) is 11.1 Å². The summed E-state index contributed by atoms with van der Waals surface area (Å²) in [4.78, 5) is 39.2. The number of aryl methyl sites for hydroxylation is 3. The van der Waals surface area contributed by atoms with E-state index in [1.165, 1.54) is 47.1 Å². The van der Waals surface area contributed by atoms with Crippen molar-refractivity contribution in [1.82, 2.24) is 24.1 Å². The van der Waals surface area contributed by atoms with E-state index in [9.17, 15) is 23.9 Å². The Kier molecular flexibility index (Phi) is 5.61. The first-order valence-corrected chi connectivity index (χ1v) is 10.3. The summed E-state index contributed by atoms with van der Waals surface area (Å²) in [6.45, 7) is 0.983. The molecule has 3 heterocycles. The predicted octanol–water partition coefficient (Wildman–Crippen LogP) is 1.59. The molecule has 0 saturated heterocycles. The van der Waals surface area contributed by atoms with E-state index in [1.54, 1.807) is 6.92 Å². The maximum Gasteiger partial charge on any atom is 0.332 e. The van der Waals surface area contributed by atoms with Crippen LogP contribution in [0.25, 0.3) is 15.2 Å². The van der Waals surface area contributed by atoms with Gasteiger partial charge in [0.1, 0.15) is 27.9 Å². The van der Waals surface area contributed by atoms with Gasteiger partial charge in [-0.05, 0) is 37.1 Å². The lowest BCUT2D eigenvalue weighted by Gasteiger charge is -2.13. The zero-order valence-corrected chi connectivity index (χ0v) is 17.9. The Morgan fingerprint density at radius 3 is 2.59 bits per heavy atom. The van der Waals surface area contributed by atoms with Gasteiger partial charge in [-0.2, -0.15) is 10.2 Å². The van der Waals surface area contributed by atoms with Crippen molar-refractivity contribution >= 4 is 27.5 Å². The van der Waals surface area contributed by atoms with Crippen LogP contribution in [0.2, 0.25) is 0 Å². The van der Waals surface area contributed by atoms with Crippen molar-refractivity contribution < 1.29 is 19.0 Å². The first kappa shape index (κ1) is 21.4. The molecule has 0 spiro atoms. The molecule has 12 heteroatoms. The molecule has 4 aromatic rings. The van der Waals surface area contributed by atoms with E-state index < -0.39 is 29.6 Å². The fourth-order valence-electron chi connectivity index (χ4n) is 3.54. The first-order valence-electron chi connectivity index (χ1n) is 9.49. The summed E-state index contributed by atoms with van der Waals surface area (Å²) in [5.74, 6) is -1.31. The standard InChI is InChI=1S/C20H18FN5O5S/c1-11-16-17(29)25(10-15(27)28)20(30)24(19(16)32-18(11)26-22-6-7-23-26)8-5-12-9-13(21)3-4-14(12)31-2/h3-4,6-7,9H,5,8,10H2,1-2H3,(H,27,28). The molecule has 1 N–H and O–H groups in total. The van der Waals surface area contributed by atoms with Gasteiger partial charge in [0.2, 0.25) is 0 Å². The normalized spacial score (nSPS) is 11.2. The van der Waals surface area contributed by atoms with Gasteiger partial charge in [-0.3, -0.25) is 14.2 Å². The Labute approximate surface area is 183 Å². The van der Waals surface area contributed by atoms with Gasteiger partial charge in [0.05, 0.1) is 24.9 Å². The minimum atomic E-state index is -1.32. The number of hydrogen-bond donors (Lipinski definition) is 1. The predicted molar refractivity (Wildman–Crippen MR) is 114 cm³/mol. The highest BCUT2D eigenvalue weighted by molar-refractivity contribution is 7.21. The highest BCUT2D eigenvalue weighted by atomic mass is 32.1. The number of methoxy groups -OCH3 is 1. The van der Waals surface area contributed by atoms with Crippen LogP contribution in [-0.4, -0.2) is 42.3 Å². The lowest BCUT2D eigenvalue weighted by molar-refractivity contribution is -0.137. The number of aromatic nitrogens is 5. The number of aliphatic carboxylic acids is 1. The number of carboxylic acids is 1. The molecular weight excluding hydrogens is 441 g/mol. The number of thiophene rings is 1. The summed E-state index contributed by atoms with van der Waals surface area (Å²) in [5.41, 5.74) is -0.395. The molecule has 0 fully saturated rings. The average Bonchev–Trinajstić information content (AvgIpc) is 3.39. The van der Waals surface area contributed by atoms with E-state index in [2.05, 4.69) is 10.2 Å². The summed E-state index contributed by atoms with van der Waals surface area (Å²) in [5, 5.41) is 18.2. The van der Waals surface area contributed by atoms with Gasteiger partial charge in [0.15, 0.2) is 0 Å². The molecule has 0 bridgehead atoms. The third kappa shape index (κ3) is 3.68. The highest BCUT2D eigenvalue weighted by Gasteiger charge is 2.22. The number of benzene rings is 1. The maximum atomic E-state index is 13.8. The van der Waals surface area contributed by atoms with Gasteiger partial charge in [-0.15, -0.1) is 4.80 Å². The summed E-state index contributed by atoms with van der Waals surface area (Å²) in [6.07, 6.45) is 3.18. The molecule has 1 aromatic carbocycles. The molecule has 10 nitrogen and oxygen atoms in total. The van der Waals surface area contributed by atoms with Crippen LogP contribution in [0.15, 0.2) is 40.2 Å². The van der Waals surface area contributed by atoms with Crippen molar-refractivity contribution in [2.45, 2.75) is 26.4 Å². The minimum absolute atomic E-state index is 0.0704. The van der Waals surface area contributed by atoms with Crippen molar-refractivity contribution in [1.29, 1.82) is 0 Å². The van der Waals surface area contributed by atoms with E-state index in [-0.39, 0.29) is 18.4 Å². The molecule has 4 rings (SSSR count). The first-order chi connectivity index (χ1) is 15.3. The second kappa shape index (κ2) is 8.38. The SMILES string of the molecule is COc1ccc(F)cc1CCn1c(=O)n(CC(=O)O)c(=O)c2c(C)c(-n3nccn3)sc21. The second-order valence-corrected chi connectivity index (χ2v) is 7.93. The largest absolute Gasteiger partial charge is 0.496 e. The van der Waals surface area contributed by atoms with Gasteiger partial charge in [-0.1, -0.05) is 11.3 Å². The zero-order valence-electron chi connectivity index (χ0n) is 17.1. The molecule has 0 aliphatic rings. The van der Waals surface area contributed by atoms with Crippen molar-refractivity contribution in [2.24, 2.45) is 0 Å². The summed E-state index contributed by atoms with van der Waals surface area (Å²) >= 11 is 1.15. The summed E-state index contributed by atoms with van der Waals surface area (Å²) in [7, 11) is 1.46. The van der Waals surface area contributed by atoms with Crippen molar-refractivity contribution in [3.63, 3.8) is 0 Å². The van der Waals surface area contributed by atoms with Crippen molar-refractivity contribution in [3.05, 3.63) is 68.4 Å². The number of halogens is 1. The highest BCUT2D eigenvalue weighted by Crippen LogP contribution is 2.30. The van der Waals surface area contributed by atoms with Crippen LogP contribution >= 0.6 is 11.3 Å². The van der Waals surface area contributed by atoms with Gasteiger partial charge in [0, 0.05) is 12.1 Å². The summed E-state index contributed by atoms with van der Waals surface area (Å²) < 4.78 is 21.1. The third-order valence-electron chi connectivity index (χ3n) is 5.01. The molecular formula is C20H18FN5O5S. The Morgan fingerprint density at radius 2 is 1.94 bits per heavy atom. The smallest absolute Gasteiger partial charge is 0.332 e. The van der Waals surface area contributed by atoms with E-state index in [0.29, 0.717) is 31.3 Å². The van der Waals surface area contributed by atoms with Gasteiger partial charge >= 0.3 is 11.7 Å². The van der Waals surface area contributed by atoms with E-state index in [1.807, 2.05) is 0 Å². The molecule has 0 aliphatic carbocycles. The Morgan fingerprint density at radius 1 is 1.22 bits per heavy atom. The quantitative estimate of drug-likeness (QED) is 0.445. The Balaban J connectivity index is 1.91. The molecule has 3 aromatic heterocycles. The lowest BCUT2D eigenvalue weighted by atomic mass is 10.1. The van der Waals surface area contributed by atoms with E-state index in [4.69, 9.17) is 4.74 Å². The van der Waals surface area contributed by atoms with Gasteiger partial charge in [0.25, 0.3) is 5.56 Å². The molecule has 0 radical (unpaired) electrons. The van der Waals surface area contributed by atoms with Crippen molar-refractivity contribution in [2.75, 3.05) is 7.11 Å². The minimum Gasteiger partial charge on any atom is -0.496 e. The fraction of sp³-hybridized carbons (Fsp3) is 0.250. The monoisotopic (exact) mass is 459 g/mol. The van der Waals surface area contributed by atoms with Gasteiger partial charge < -0.3 is 9.84 Å². The number of rotatable bonds is 7. The maximum absolute atomic E-state index is 13.8. The number of ether oxygens (including phenoxy) is 1. The van der Waals surface area contributed by atoms with Gasteiger partial charge in [-0.25, -0.2) is 13.8 Å². The second-order valence-electron chi connectivity index (χ2n) is 6.96. The average molecular weight is 459 g/mol. The van der Waals surface area contributed by atoms with Crippen molar-refractivity contribution in [3.8, 4) is 10.8 Å². The topological polar surface area (TPSA) is 121 Å². The molecule has 0 atom stereocenters. The lowest BCUT2D eigenvalue weighted by Crippen LogP contribution is -2.41. The molecule has 0 unspecified atom stereocenters. The van der Waals surface area contributed by atoms with E-state index >= 15 is 0 Å². The molecule has 0 amide bonds. The third-order valence-corrected chi connectivity index (χ3v) is 6.29. The number of fused-ring (bicyclic) bond motifs is 1. The fourth-order valence-corrected chi connectivity index (χ4v) is 4.78. The Hall–Kier alpha value is -3.80. The van der Waals surface area contributed by atoms with Crippen LogP contribution < -0.4 is 16.0 Å². The van der Waals surface area contributed by atoms with Crippen LogP contribution in [-0.2, 0) is 24.3 Å². The van der Waals surface area contributed by atoms with Crippen LogP contribution in [0.3, 0.4) is 0 Å². The number of hydrogen-bond acceptors (Lipinski definition) is 7. The molecule has 0 aliphatic heterocycles. The molecule has 32 heavy (non-hydrogen) atoms. The number of nitrogens with zero attached hydrogens (tertiary/aromatic N) is 5. The number of carboxylic acid groups (broad SMARTS) is 1. The number of carbonyl (C=O) groups is 1. The zero-order chi connectivity index (χ0) is 23.0. The Bertz CT molecular complexity index is 1440. The molecule has 0 saturated carbocycles.